The number of benzene rings is 1. The second kappa shape index (κ2) is 10.5. The van der Waals surface area contributed by atoms with E-state index in [0.717, 1.165) is 42.6 Å². The first-order chi connectivity index (χ1) is 19.3. The highest BCUT2D eigenvalue weighted by atomic mass is 32.2. The predicted molar refractivity (Wildman–Crippen MR) is 165 cm³/mol. The molecule has 0 radical (unpaired) electrons. The minimum absolute atomic E-state index is 0.116. The fourth-order valence-corrected chi connectivity index (χ4v) is 12.0. The monoisotopic (exact) mass is 582 g/mol. The van der Waals surface area contributed by atoms with Gasteiger partial charge in [0.1, 0.15) is 5.60 Å². The summed E-state index contributed by atoms with van der Waals surface area (Å²) >= 11 is 0. The van der Waals surface area contributed by atoms with Crippen LogP contribution < -0.4 is 0 Å². The molecule has 0 bridgehead atoms. The molecule has 0 N–H and O–H groups in total. The smallest absolute Gasteiger partial charge is 0.297 e. The van der Waals surface area contributed by atoms with Crippen LogP contribution in [0.5, 0.6) is 0 Å². The van der Waals surface area contributed by atoms with E-state index in [1.54, 1.807) is 12.1 Å². The summed E-state index contributed by atoms with van der Waals surface area (Å²) in [7, 11) is -3.78. The SMILES string of the molecule is CC[C@H](/C=C/[C@@H](C)[C@H]1CC[C@H]2[C@@H]3C[C@@H]4O[C@@]45C[C@@H](OS(=O)(=O)c4ccc(C)cc4)CC[C@]5(C)[C@H]3CC[C@]12C)C(C)C. The van der Waals surface area contributed by atoms with Crippen LogP contribution in [-0.4, -0.2) is 26.2 Å². The Balaban J connectivity index is 1.16. The number of rotatable bonds is 8. The van der Waals surface area contributed by atoms with Gasteiger partial charge in [0.2, 0.25) is 0 Å². The molecule has 6 rings (SSSR count). The molecular weight excluding hydrogens is 528 g/mol. The molecule has 5 aliphatic rings. The van der Waals surface area contributed by atoms with E-state index in [1.165, 1.54) is 32.1 Å². The largest absolute Gasteiger partial charge is 0.365 e. The first-order valence-corrected chi connectivity index (χ1v) is 18.1. The lowest BCUT2D eigenvalue weighted by atomic mass is 9.44. The lowest BCUT2D eigenvalue weighted by molar-refractivity contribution is -0.112. The van der Waals surface area contributed by atoms with Crippen LogP contribution in [0.1, 0.15) is 105 Å². The molecule has 4 nitrogen and oxygen atoms in total. The molecule has 1 heterocycles. The Hall–Kier alpha value is -1.17. The zero-order valence-electron chi connectivity index (χ0n) is 26.6. The summed E-state index contributed by atoms with van der Waals surface area (Å²) < 4.78 is 38.8. The molecule has 0 amide bonds. The van der Waals surface area contributed by atoms with Crippen molar-refractivity contribution in [3.05, 3.63) is 42.0 Å². The summed E-state index contributed by atoms with van der Waals surface area (Å²) in [5.41, 5.74) is 1.37. The Kier molecular flexibility index (Phi) is 7.64. The van der Waals surface area contributed by atoms with Crippen LogP contribution in [0.2, 0.25) is 0 Å². The second-order valence-corrected chi connectivity index (χ2v) is 17.1. The number of epoxide rings is 1. The molecule has 11 atom stereocenters. The first-order valence-electron chi connectivity index (χ1n) is 16.7. The van der Waals surface area contributed by atoms with Crippen molar-refractivity contribution in [3.63, 3.8) is 0 Å². The number of aryl methyl sites for hydroxylation is 1. The molecule has 4 aliphatic carbocycles. The number of fused-ring (bicyclic) bond motifs is 4. The lowest BCUT2D eigenvalue weighted by Crippen LogP contribution is -2.59. The fraction of sp³-hybridized carbons (Fsp3) is 0.778. The third-order valence-corrected chi connectivity index (χ3v) is 14.7. The van der Waals surface area contributed by atoms with Gasteiger partial charge in [0, 0.05) is 11.8 Å². The van der Waals surface area contributed by atoms with Gasteiger partial charge in [0.25, 0.3) is 10.1 Å². The molecule has 5 heteroatoms. The van der Waals surface area contributed by atoms with Crippen molar-refractivity contribution in [1.29, 1.82) is 0 Å². The van der Waals surface area contributed by atoms with Gasteiger partial charge in [0.05, 0.1) is 17.1 Å². The molecule has 1 aromatic rings. The van der Waals surface area contributed by atoms with Crippen LogP contribution >= 0.6 is 0 Å². The molecule has 41 heavy (non-hydrogen) atoms. The van der Waals surface area contributed by atoms with Crippen LogP contribution in [-0.2, 0) is 19.0 Å². The molecule has 228 valence electrons. The summed E-state index contributed by atoms with van der Waals surface area (Å²) in [6.45, 7) is 16.6. The highest BCUT2D eigenvalue weighted by molar-refractivity contribution is 7.86. The summed E-state index contributed by atoms with van der Waals surface area (Å²) in [5.74, 6) is 4.97. The normalized spacial score (nSPS) is 43.2. The van der Waals surface area contributed by atoms with Gasteiger partial charge in [0.15, 0.2) is 0 Å². The Bertz CT molecular complexity index is 1250. The third-order valence-electron chi connectivity index (χ3n) is 13.3. The molecule has 1 aromatic carbocycles. The van der Waals surface area contributed by atoms with E-state index in [4.69, 9.17) is 8.92 Å². The standard InChI is InChI=1S/C36H54O4S/c1-8-26(23(2)3)12-11-25(5)30-15-16-31-29-21-33-36(39-33)22-27(40-41(37,38)28-13-9-24(4)10-14-28)17-20-35(36,7)32(29)18-19-34(30,31)6/h9-14,23,25-27,29-33H,8,15-22H2,1-7H3/b12-11+/t25-,26-,27+,29+,30-,31+,32+,33+,34-,35-,36+/m1/s1. The van der Waals surface area contributed by atoms with Crippen molar-refractivity contribution < 1.29 is 17.3 Å². The maximum absolute atomic E-state index is 13.1. The predicted octanol–water partition coefficient (Wildman–Crippen LogP) is 8.73. The van der Waals surface area contributed by atoms with E-state index < -0.39 is 10.1 Å². The van der Waals surface area contributed by atoms with E-state index in [9.17, 15) is 8.42 Å². The van der Waals surface area contributed by atoms with Gasteiger partial charge >= 0.3 is 0 Å². The topological polar surface area (TPSA) is 55.9 Å². The average Bonchev–Trinajstić information content (AvgIpc) is 3.49. The zero-order chi connectivity index (χ0) is 29.4. The average molecular weight is 583 g/mol. The molecule has 5 fully saturated rings. The Morgan fingerprint density at radius 3 is 2.41 bits per heavy atom. The van der Waals surface area contributed by atoms with Gasteiger partial charge in [-0.3, -0.25) is 4.18 Å². The quantitative estimate of drug-likeness (QED) is 0.175. The van der Waals surface area contributed by atoms with E-state index >= 15 is 0 Å². The maximum atomic E-state index is 13.1. The van der Waals surface area contributed by atoms with Crippen molar-refractivity contribution in [1.82, 2.24) is 0 Å². The van der Waals surface area contributed by atoms with E-state index in [1.807, 2.05) is 19.1 Å². The molecule has 0 unspecified atom stereocenters. The van der Waals surface area contributed by atoms with Crippen LogP contribution in [0.25, 0.3) is 0 Å². The Morgan fingerprint density at radius 1 is 1.00 bits per heavy atom. The molecule has 0 aromatic heterocycles. The lowest BCUT2D eigenvalue weighted by Gasteiger charge is -2.59. The van der Waals surface area contributed by atoms with Gasteiger partial charge in [-0.1, -0.05) is 71.4 Å². The van der Waals surface area contributed by atoms with Crippen molar-refractivity contribution in [2.75, 3.05) is 0 Å². The van der Waals surface area contributed by atoms with Crippen LogP contribution in [0.3, 0.4) is 0 Å². The maximum Gasteiger partial charge on any atom is 0.297 e. The van der Waals surface area contributed by atoms with Crippen LogP contribution in [0.4, 0.5) is 0 Å². The van der Waals surface area contributed by atoms with Gasteiger partial charge in [-0.05, 0) is 117 Å². The summed E-state index contributed by atoms with van der Waals surface area (Å²) in [4.78, 5) is 0.256. The van der Waals surface area contributed by atoms with Gasteiger partial charge in [-0.25, -0.2) is 0 Å². The van der Waals surface area contributed by atoms with Gasteiger partial charge in [-0.15, -0.1) is 0 Å². The van der Waals surface area contributed by atoms with Crippen molar-refractivity contribution in [2.45, 2.75) is 129 Å². The van der Waals surface area contributed by atoms with Gasteiger partial charge < -0.3 is 4.74 Å². The van der Waals surface area contributed by atoms with E-state index in [2.05, 4.69) is 53.7 Å². The molecule has 1 spiro atoms. The molecular formula is C36H54O4S. The summed E-state index contributed by atoms with van der Waals surface area (Å²) in [6, 6.07) is 7.00. The first kappa shape index (κ1) is 29.9. The van der Waals surface area contributed by atoms with Crippen LogP contribution in [0, 0.1) is 59.2 Å². The number of hydrogen-bond donors (Lipinski definition) is 0. The molecule has 4 saturated carbocycles. The molecule has 1 aliphatic heterocycles. The van der Waals surface area contributed by atoms with Crippen molar-refractivity contribution in [2.24, 2.45) is 52.3 Å². The van der Waals surface area contributed by atoms with Gasteiger partial charge in [-0.2, -0.15) is 8.42 Å². The Labute approximate surface area is 250 Å². The number of allylic oxidation sites excluding steroid dienone is 2. The van der Waals surface area contributed by atoms with E-state index in [0.29, 0.717) is 35.5 Å². The van der Waals surface area contributed by atoms with Crippen molar-refractivity contribution in [3.8, 4) is 0 Å². The van der Waals surface area contributed by atoms with E-state index in [-0.39, 0.29) is 28.1 Å². The number of hydrogen-bond acceptors (Lipinski definition) is 4. The highest BCUT2D eigenvalue weighted by Crippen LogP contribution is 2.74. The minimum Gasteiger partial charge on any atom is -0.365 e. The van der Waals surface area contributed by atoms with Crippen LogP contribution in [0.15, 0.2) is 41.3 Å². The minimum atomic E-state index is -3.78. The highest BCUT2D eigenvalue weighted by Gasteiger charge is 2.76. The number of ether oxygens (including phenoxy) is 1. The third kappa shape index (κ3) is 4.79. The second-order valence-electron chi connectivity index (χ2n) is 15.5. The molecule has 1 saturated heterocycles. The Morgan fingerprint density at radius 2 is 1.73 bits per heavy atom. The summed E-state index contributed by atoms with van der Waals surface area (Å²) in [6.07, 6.45) is 15.3. The van der Waals surface area contributed by atoms with Crippen molar-refractivity contribution >= 4 is 10.1 Å². The summed E-state index contributed by atoms with van der Waals surface area (Å²) in [5, 5.41) is 0. The zero-order valence-corrected chi connectivity index (χ0v) is 27.4. The fourth-order valence-electron chi connectivity index (χ4n) is 10.8.